The second-order valence-corrected chi connectivity index (χ2v) is 6.15. The highest BCUT2D eigenvalue weighted by Gasteiger charge is 2.19. The Morgan fingerprint density at radius 1 is 1.11 bits per heavy atom. The monoisotopic (exact) mass is 361 g/mol. The zero-order chi connectivity index (χ0) is 18.4. The predicted octanol–water partition coefficient (Wildman–Crippen LogP) is 2.33. The van der Waals surface area contributed by atoms with Gasteiger partial charge in [0.25, 0.3) is 0 Å². The molecular weight excluding hydrogens is 346 g/mol. The summed E-state index contributed by atoms with van der Waals surface area (Å²) in [7, 11) is 0. The number of furan rings is 1. The van der Waals surface area contributed by atoms with Gasteiger partial charge in [-0.25, -0.2) is 4.98 Å². The molecular formula is C18H15N7O2. The van der Waals surface area contributed by atoms with Gasteiger partial charge >= 0.3 is 0 Å². The number of anilines is 1. The third-order valence-electron chi connectivity index (χ3n) is 4.47. The van der Waals surface area contributed by atoms with Gasteiger partial charge in [-0.3, -0.25) is 5.10 Å². The summed E-state index contributed by atoms with van der Waals surface area (Å²) in [6.45, 7) is 0. The molecule has 9 nitrogen and oxygen atoms in total. The number of aryl methyl sites for hydroxylation is 2. The number of aromatic nitrogens is 6. The van der Waals surface area contributed by atoms with E-state index in [1.807, 2.05) is 12.1 Å². The average Bonchev–Trinajstić information content (AvgIpc) is 3.40. The molecule has 134 valence electrons. The molecule has 4 N–H and O–H groups in total. The second-order valence-electron chi connectivity index (χ2n) is 6.15. The van der Waals surface area contributed by atoms with Crippen molar-refractivity contribution in [3.63, 3.8) is 0 Å². The molecule has 0 saturated carbocycles. The van der Waals surface area contributed by atoms with Gasteiger partial charge in [-0.1, -0.05) is 18.2 Å². The van der Waals surface area contributed by atoms with Gasteiger partial charge in [0.2, 0.25) is 11.8 Å². The summed E-state index contributed by atoms with van der Waals surface area (Å²) in [6.07, 6.45) is 2.83. The van der Waals surface area contributed by atoms with E-state index in [2.05, 4.69) is 25.3 Å². The number of H-pyrrole nitrogens is 1. The van der Waals surface area contributed by atoms with Crippen molar-refractivity contribution < 1.29 is 9.52 Å². The summed E-state index contributed by atoms with van der Waals surface area (Å²) in [5, 5.41) is 22.4. The van der Waals surface area contributed by atoms with Gasteiger partial charge in [0.05, 0.1) is 11.6 Å². The SMILES string of the molecule is Nc1nc2n[nH]c(CCc3ccccc3O)c2c2nc(-c3ccco3)nn12. The Labute approximate surface area is 152 Å². The molecule has 0 aliphatic carbocycles. The third-order valence-corrected chi connectivity index (χ3v) is 4.47. The van der Waals surface area contributed by atoms with Gasteiger partial charge in [-0.15, -0.1) is 5.10 Å². The fourth-order valence-electron chi connectivity index (χ4n) is 3.15. The van der Waals surface area contributed by atoms with Crippen LogP contribution in [0.25, 0.3) is 28.3 Å². The number of rotatable bonds is 4. The molecule has 0 aliphatic rings. The largest absolute Gasteiger partial charge is 0.508 e. The van der Waals surface area contributed by atoms with Crippen LogP contribution in [0.4, 0.5) is 5.95 Å². The molecule has 0 fully saturated rings. The molecule has 4 heterocycles. The maximum Gasteiger partial charge on any atom is 0.225 e. The molecule has 0 spiro atoms. The van der Waals surface area contributed by atoms with Crippen LogP contribution in [0.2, 0.25) is 0 Å². The van der Waals surface area contributed by atoms with E-state index in [1.54, 1.807) is 30.5 Å². The number of fused-ring (bicyclic) bond motifs is 3. The second kappa shape index (κ2) is 5.84. The molecule has 0 bridgehead atoms. The Bertz CT molecular complexity index is 1250. The number of aromatic hydroxyl groups is 1. The maximum absolute atomic E-state index is 9.98. The molecule has 0 aliphatic heterocycles. The standard InChI is InChI=1S/C18H15N7O2/c19-18-21-16-14(17-20-15(24-25(17)18)13-6-3-9-27-13)11(22-23-16)8-7-10-4-1-2-5-12(10)26/h1-6,9,26H,7-8H2,(H3,19,21,22,23). The molecule has 1 aromatic carbocycles. The van der Waals surface area contributed by atoms with Crippen LogP contribution in [0.1, 0.15) is 11.3 Å². The van der Waals surface area contributed by atoms with E-state index >= 15 is 0 Å². The van der Waals surface area contributed by atoms with Crippen molar-refractivity contribution in [2.75, 3.05) is 5.73 Å². The minimum atomic E-state index is 0.196. The highest BCUT2D eigenvalue weighted by Crippen LogP contribution is 2.26. The van der Waals surface area contributed by atoms with E-state index in [4.69, 9.17) is 10.2 Å². The van der Waals surface area contributed by atoms with Crippen molar-refractivity contribution in [2.45, 2.75) is 12.8 Å². The smallest absolute Gasteiger partial charge is 0.225 e. The summed E-state index contributed by atoms with van der Waals surface area (Å²) >= 11 is 0. The number of hydrogen-bond acceptors (Lipinski definition) is 7. The van der Waals surface area contributed by atoms with E-state index in [0.717, 1.165) is 16.6 Å². The number of nitrogens with zero attached hydrogens (tertiary/aromatic N) is 5. The van der Waals surface area contributed by atoms with Gasteiger partial charge < -0.3 is 15.3 Å². The number of benzene rings is 1. The van der Waals surface area contributed by atoms with Crippen LogP contribution in [0.3, 0.4) is 0 Å². The van der Waals surface area contributed by atoms with E-state index in [1.165, 1.54) is 4.52 Å². The molecule has 5 rings (SSSR count). The maximum atomic E-state index is 9.98. The summed E-state index contributed by atoms with van der Waals surface area (Å²) in [5.74, 6) is 1.44. The summed E-state index contributed by atoms with van der Waals surface area (Å²) in [6, 6.07) is 10.8. The van der Waals surface area contributed by atoms with Gasteiger partial charge in [0.15, 0.2) is 17.1 Å². The van der Waals surface area contributed by atoms with E-state index in [0.29, 0.717) is 35.7 Å². The average molecular weight is 361 g/mol. The highest BCUT2D eigenvalue weighted by atomic mass is 16.3. The number of phenolic OH excluding ortho intramolecular Hbond substituents is 1. The van der Waals surface area contributed by atoms with Crippen LogP contribution < -0.4 is 5.73 Å². The number of nitrogens with two attached hydrogens (primary N) is 1. The summed E-state index contributed by atoms with van der Waals surface area (Å²) in [5.41, 5.74) is 8.76. The lowest BCUT2D eigenvalue weighted by molar-refractivity contribution is 0.468. The molecule has 4 aromatic heterocycles. The number of para-hydroxylation sites is 1. The van der Waals surface area contributed by atoms with Crippen LogP contribution in [0.15, 0.2) is 47.1 Å². The summed E-state index contributed by atoms with van der Waals surface area (Å²) in [4.78, 5) is 8.89. The highest BCUT2D eigenvalue weighted by molar-refractivity contribution is 5.92. The van der Waals surface area contributed by atoms with Gasteiger partial charge in [0.1, 0.15) is 5.75 Å². The fraction of sp³-hybridized carbons (Fsp3) is 0.111. The minimum Gasteiger partial charge on any atom is -0.508 e. The number of nitrogens with one attached hydrogen (secondary N) is 1. The molecule has 9 heteroatoms. The molecule has 27 heavy (non-hydrogen) atoms. The van der Waals surface area contributed by atoms with Gasteiger partial charge in [-0.05, 0) is 36.6 Å². The normalized spacial score (nSPS) is 11.6. The van der Waals surface area contributed by atoms with E-state index < -0.39 is 0 Å². The first-order valence-electron chi connectivity index (χ1n) is 8.40. The zero-order valence-corrected chi connectivity index (χ0v) is 14.1. The molecule has 5 aromatic rings. The first kappa shape index (κ1) is 15.4. The van der Waals surface area contributed by atoms with Crippen LogP contribution in [-0.2, 0) is 12.8 Å². The Hall–Kier alpha value is -3.88. The summed E-state index contributed by atoms with van der Waals surface area (Å²) < 4.78 is 6.87. The van der Waals surface area contributed by atoms with Crippen molar-refractivity contribution in [3.05, 3.63) is 53.9 Å². The number of aromatic amines is 1. The lowest BCUT2D eigenvalue weighted by atomic mass is 10.1. The van der Waals surface area contributed by atoms with E-state index in [-0.39, 0.29) is 11.7 Å². The molecule has 0 amide bonds. The zero-order valence-electron chi connectivity index (χ0n) is 14.1. The van der Waals surface area contributed by atoms with Crippen molar-refractivity contribution in [1.82, 2.24) is 29.8 Å². The Kier molecular flexibility index (Phi) is 3.32. The van der Waals surface area contributed by atoms with Gasteiger partial charge in [-0.2, -0.15) is 14.6 Å². The Morgan fingerprint density at radius 3 is 2.81 bits per heavy atom. The lowest BCUT2D eigenvalue weighted by Crippen LogP contribution is -2.03. The fourth-order valence-corrected chi connectivity index (χ4v) is 3.15. The topological polar surface area (TPSA) is 131 Å². The van der Waals surface area contributed by atoms with Crippen molar-refractivity contribution in [1.29, 1.82) is 0 Å². The van der Waals surface area contributed by atoms with Crippen molar-refractivity contribution in [3.8, 4) is 17.3 Å². The minimum absolute atomic E-state index is 0.196. The first-order chi connectivity index (χ1) is 13.2. The molecule has 0 atom stereocenters. The first-order valence-corrected chi connectivity index (χ1v) is 8.40. The quantitative estimate of drug-likeness (QED) is 0.447. The molecule has 0 saturated heterocycles. The number of phenols is 1. The number of nitrogen functional groups attached to an aromatic ring is 1. The van der Waals surface area contributed by atoms with E-state index in [9.17, 15) is 5.11 Å². The van der Waals surface area contributed by atoms with Crippen LogP contribution in [-0.4, -0.2) is 34.9 Å². The van der Waals surface area contributed by atoms with Crippen LogP contribution in [0.5, 0.6) is 5.75 Å². The molecule has 0 radical (unpaired) electrons. The third kappa shape index (κ3) is 2.48. The lowest BCUT2D eigenvalue weighted by Gasteiger charge is -2.03. The number of hydrogen-bond donors (Lipinski definition) is 3. The van der Waals surface area contributed by atoms with Gasteiger partial charge in [0, 0.05) is 5.69 Å². The van der Waals surface area contributed by atoms with Crippen LogP contribution in [0, 0.1) is 0 Å². The van der Waals surface area contributed by atoms with Crippen molar-refractivity contribution in [2.24, 2.45) is 0 Å². The van der Waals surface area contributed by atoms with Crippen molar-refractivity contribution >= 4 is 22.6 Å². The predicted molar refractivity (Wildman–Crippen MR) is 98.1 cm³/mol. The molecule has 0 unspecified atom stereocenters. The van der Waals surface area contributed by atoms with Crippen LogP contribution >= 0.6 is 0 Å². The Morgan fingerprint density at radius 2 is 2.00 bits per heavy atom. The Balaban J connectivity index is 1.61.